The summed E-state index contributed by atoms with van der Waals surface area (Å²) in [6.07, 6.45) is 0. The van der Waals surface area contributed by atoms with Gasteiger partial charge in [-0.3, -0.25) is 10.6 Å². The Hall–Kier alpha value is -5.94. The van der Waals surface area contributed by atoms with Crippen LogP contribution in [0.4, 0.5) is 21.5 Å². The molecular formula is C29H34ClN9O12S2. The van der Waals surface area contributed by atoms with E-state index in [9.17, 15) is 26.4 Å². The van der Waals surface area contributed by atoms with E-state index >= 15 is 0 Å². The number of anilines is 2. The molecule has 2 aromatic heterocycles. The number of halogens is 1. The standard InChI is InChI=1S/C15H18N4O7S.C14H16ClN5O5S/c1-4-25-10-7-5-6-8-11(10)26-27(21,22)19-15(20)18-14-16-12(23-2)9-13(17-14)24-3;1-9-16-12(19-14(17-9)24-2)18-13(21)20-26(22,23)11-6-4-3-5-10(11)25-8-7-15/h5-9H,4H2,1-3H3,(H2,16,17,18,19,20);3-6H,7-8H2,1-2H3,(H2,16,17,18,19,20,21). The van der Waals surface area contributed by atoms with Gasteiger partial charge in [-0.15, -0.1) is 11.6 Å². The molecule has 0 atom stereocenters. The topological polar surface area (TPSA) is 270 Å². The molecule has 24 heteroatoms. The van der Waals surface area contributed by atoms with Gasteiger partial charge in [-0.25, -0.2) is 27.5 Å². The second-order valence-corrected chi connectivity index (χ2v) is 12.8. The number of rotatable bonds is 15. The first-order chi connectivity index (χ1) is 25.2. The first-order valence-corrected chi connectivity index (χ1v) is 18.2. The fourth-order valence-electron chi connectivity index (χ4n) is 3.69. The smallest absolute Gasteiger partial charge is 0.411 e. The predicted octanol–water partition coefficient (Wildman–Crippen LogP) is 2.65. The van der Waals surface area contributed by atoms with Crippen molar-refractivity contribution in [1.29, 1.82) is 0 Å². The van der Waals surface area contributed by atoms with Crippen LogP contribution in [0.2, 0.25) is 0 Å². The zero-order valence-corrected chi connectivity index (χ0v) is 31.0. The summed E-state index contributed by atoms with van der Waals surface area (Å²) in [5.41, 5.74) is 0. The number of methoxy groups -OCH3 is 3. The summed E-state index contributed by atoms with van der Waals surface area (Å²) < 4.78 is 82.7. The maximum atomic E-state index is 12.4. The SMILES string of the molecule is CCOc1ccccc1OS(=O)(=O)NC(=O)Nc1nc(OC)cc(OC)n1.COc1nc(C)nc(NC(=O)NS(=O)(=O)c2ccccc2OCCCl)n1. The first kappa shape index (κ1) is 41.5. The molecule has 0 unspecified atom stereocenters. The molecule has 4 N–H and O–H groups in total. The quantitative estimate of drug-likeness (QED) is 0.126. The molecule has 53 heavy (non-hydrogen) atoms. The van der Waals surface area contributed by atoms with Gasteiger partial charge in [0.05, 0.1) is 39.9 Å². The van der Waals surface area contributed by atoms with Crippen molar-refractivity contribution in [3.63, 3.8) is 0 Å². The highest BCUT2D eigenvalue weighted by Crippen LogP contribution is 2.27. The molecular weight excluding hydrogens is 766 g/mol. The predicted molar refractivity (Wildman–Crippen MR) is 188 cm³/mol. The number of hydrogen-bond donors (Lipinski definition) is 4. The van der Waals surface area contributed by atoms with Crippen LogP contribution in [0, 0.1) is 6.92 Å². The number of nitrogens with zero attached hydrogens (tertiary/aromatic N) is 5. The van der Waals surface area contributed by atoms with E-state index in [1.165, 1.54) is 57.7 Å². The first-order valence-electron chi connectivity index (χ1n) is 14.8. The van der Waals surface area contributed by atoms with Gasteiger partial charge in [0, 0.05) is 0 Å². The third kappa shape index (κ3) is 13.3. The van der Waals surface area contributed by atoms with Gasteiger partial charge < -0.3 is 27.9 Å². The van der Waals surface area contributed by atoms with Crippen molar-refractivity contribution in [3.8, 4) is 35.0 Å². The van der Waals surface area contributed by atoms with Crippen molar-refractivity contribution in [2.24, 2.45) is 0 Å². The number of nitrogens with one attached hydrogen (secondary N) is 4. The molecule has 0 saturated heterocycles. The maximum absolute atomic E-state index is 12.4. The highest BCUT2D eigenvalue weighted by Gasteiger charge is 2.23. The number of amides is 4. The molecule has 0 aliphatic heterocycles. The van der Waals surface area contributed by atoms with Crippen molar-refractivity contribution in [1.82, 2.24) is 34.4 Å². The second-order valence-electron chi connectivity index (χ2n) is 9.49. The van der Waals surface area contributed by atoms with Crippen molar-refractivity contribution in [3.05, 3.63) is 60.4 Å². The van der Waals surface area contributed by atoms with Gasteiger partial charge in [0.2, 0.25) is 23.7 Å². The number of urea groups is 2. The lowest BCUT2D eigenvalue weighted by Crippen LogP contribution is -2.37. The van der Waals surface area contributed by atoms with Crippen LogP contribution in [0.3, 0.4) is 0 Å². The summed E-state index contributed by atoms with van der Waals surface area (Å²) in [5.74, 6) is 0.528. The number of carbonyl (C=O) groups is 2. The summed E-state index contributed by atoms with van der Waals surface area (Å²) in [6.45, 7) is 3.72. The van der Waals surface area contributed by atoms with Crippen molar-refractivity contribution in [2.45, 2.75) is 18.7 Å². The number of hydrogen-bond acceptors (Lipinski definition) is 17. The number of sulfonamides is 1. The summed E-state index contributed by atoms with van der Waals surface area (Å²) in [5, 5.41) is 4.36. The maximum Gasteiger partial charge on any atom is 0.411 e. The molecule has 0 radical (unpaired) electrons. The van der Waals surface area contributed by atoms with E-state index in [1.54, 1.807) is 36.8 Å². The fourth-order valence-corrected chi connectivity index (χ4v) is 5.52. The van der Waals surface area contributed by atoms with Gasteiger partial charge in [0.15, 0.2) is 11.5 Å². The molecule has 0 aliphatic rings. The molecule has 0 bridgehead atoms. The minimum absolute atomic E-state index is 0.0181. The minimum Gasteiger partial charge on any atom is -0.491 e. The molecule has 0 fully saturated rings. The summed E-state index contributed by atoms with van der Waals surface area (Å²) in [4.78, 5) is 43.0. The molecule has 21 nitrogen and oxygen atoms in total. The van der Waals surface area contributed by atoms with E-state index in [2.05, 4.69) is 35.6 Å². The van der Waals surface area contributed by atoms with E-state index in [4.69, 9.17) is 39.5 Å². The fraction of sp³-hybridized carbons (Fsp3) is 0.276. The largest absolute Gasteiger partial charge is 0.491 e. The Morgan fingerprint density at radius 3 is 1.87 bits per heavy atom. The number of aryl methyl sites for hydroxylation is 1. The van der Waals surface area contributed by atoms with Gasteiger partial charge in [0.1, 0.15) is 23.1 Å². The van der Waals surface area contributed by atoms with Crippen molar-refractivity contribution in [2.75, 3.05) is 51.1 Å². The van der Waals surface area contributed by atoms with E-state index in [0.717, 1.165) is 0 Å². The van der Waals surface area contributed by atoms with E-state index in [-0.39, 0.29) is 70.1 Å². The minimum atomic E-state index is -4.49. The van der Waals surface area contributed by atoms with E-state index < -0.39 is 32.4 Å². The zero-order valence-electron chi connectivity index (χ0n) is 28.6. The van der Waals surface area contributed by atoms with Gasteiger partial charge in [-0.1, -0.05) is 24.3 Å². The highest BCUT2D eigenvalue weighted by molar-refractivity contribution is 7.90. The summed E-state index contributed by atoms with van der Waals surface area (Å²) in [6, 6.07) is 11.2. The van der Waals surface area contributed by atoms with Crippen LogP contribution in [0.15, 0.2) is 59.5 Å². The third-order valence-electron chi connectivity index (χ3n) is 5.72. The lowest BCUT2D eigenvalue weighted by Gasteiger charge is -2.12. The average molecular weight is 800 g/mol. The zero-order chi connectivity index (χ0) is 39.0. The molecule has 4 aromatic rings. The van der Waals surface area contributed by atoms with Crippen LogP contribution in [-0.2, 0) is 20.3 Å². The third-order valence-corrected chi connectivity index (χ3v) is 8.08. The number of aromatic nitrogens is 5. The Bertz CT molecular complexity index is 2070. The van der Waals surface area contributed by atoms with Crippen LogP contribution in [-0.4, -0.2) is 94.2 Å². The Balaban J connectivity index is 0.000000286. The summed E-state index contributed by atoms with van der Waals surface area (Å²) >= 11 is 5.55. The van der Waals surface area contributed by atoms with Crippen LogP contribution in [0.1, 0.15) is 12.7 Å². The molecule has 0 spiro atoms. The Morgan fingerprint density at radius 1 is 0.717 bits per heavy atom. The van der Waals surface area contributed by atoms with Gasteiger partial charge >= 0.3 is 28.4 Å². The number of benzene rings is 2. The number of carbonyl (C=O) groups excluding carboxylic acids is 2. The monoisotopic (exact) mass is 799 g/mol. The second kappa shape index (κ2) is 19.6. The Morgan fingerprint density at radius 2 is 1.28 bits per heavy atom. The molecule has 0 aliphatic carbocycles. The van der Waals surface area contributed by atoms with Gasteiger partial charge in [-0.2, -0.15) is 33.3 Å². The van der Waals surface area contributed by atoms with Crippen LogP contribution >= 0.6 is 11.6 Å². The normalized spacial score (nSPS) is 10.8. The molecule has 286 valence electrons. The van der Waals surface area contributed by atoms with Gasteiger partial charge in [-0.05, 0) is 38.1 Å². The molecule has 2 aromatic carbocycles. The average Bonchev–Trinajstić information content (AvgIpc) is 3.10. The van der Waals surface area contributed by atoms with E-state index in [0.29, 0.717) is 6.61 Å². The van der Waals surface area contributed by atoms with Crippen LogP contribution < -0.4 is 47.9 Å². The molecule has 2 heterocycles. The van der Waals surface area contributed by atoms with Crippen LogP contribution in [0.5, 0.6) is 35.0 Å². The Labute approximate surface area is 309 Å². The highest BCUT2D eigenvalue weighted by atomic mass is 35.5. The molecule has 4 rings (SSSR count). The van der Waals surface area contributed by atoms with E-state index in [1.807, 2.05) is 4.72 Å². The number of para-hydroxylation sites is 3. The Kier molecular flexibility index (Phi) is 15.3. The number of alkyl halides is 1. The van der Waals surface area contributed by atoms with Crippen LogP contribution in [0.25, 0.3) is 0 Å². The van der Waals surface area contributed by atoms with Crippen molar-refractivity contribution >= 4 is 55.9 Å². The lowest BCUT2D eigenvalue weighted by molar-refractivity contribution is 0.254. The number of ether oxygens (including phenoxy) is 5. The summed E-state index contributed by atoms with van der Waals surface area (Å²) in [7, 11) is -4.62. The molecule has 0 saturated carbocycles. The van der Waals surface area contributed by atoms with Gasteiger partial charge in [0.25, 0.3) is 10.0 Å². The lowest BCUT2D eigenvalue weighted by atomic mass is 10.3. The molecule has 4 amide bonds. The van der Waals surface area contributed by atoms with Crippen molar-refractivity contribution < 1.29 is 54.3 Å².